The first kappa shape index (κ1) is 19.1. The van der Waals surface area contributed by atoms with E-state index in [2.05, 4.69) is 5.32 Å². The number of hydrogen-bond acceptors (Lipinski definition) is 2. The number of benzene rings is 2. The highest BCUT2D eigenvalue weighted by molar-refractivity contribution is 5.94. The largest absolute Gasteiger partial charge is 0.351 e. The molecule has 3 rings (SSSR count). The summed E-state index contributed by atoms with van der Waals surface area (Å²) in [4.78, 5) is 26.2. The van der Waals surface area contributed by atoms with Gasteiger partial charge in [-0.05, 0) is 41.8 Å². The smallest absolute Gasteiger partial charge is 0.251 e. The number of carbonyl (C=O) groups is 2. The quantitative estimate of drug-likeness (QED) is 0.846. The molecule has 1 fully saturated rings. The maximum atomic E-state index is 13.1. The Morgan fingerprint density at radius 3 is 2.59 bits per heavy atom. The Morgan fingerprint density at radius 2 is 1.93 bits per heavy atom. The van der Waals surface area contributed by atoms with Crippen LogP contribution in [0.1, 0.15) is 48.2 Å². The molecule has 1 saturated heterocycles. The van der Waals surface area contributed by atoms with E-state index < -0.39 is 0 Å². The van der Waals surface area contributed by atoms with Crippen LogP contribution in [-0.2, 0) is 16.8 Å². The van der Waals surface area contributed by atoms with Crippen molar-refractivity contribution in [2.24, 2.45) is 0 Å². The summed E-state index contributed by atoms with van der Waals surface area (Å²) in [5, 5.41) is 2.97. The molecule has 0 aliphatic carbocycles. The van der Waals surface area contributed by atoms with E-state index in [9.17, 15) is 14.0 Å². The highest BCUT2D eigenvalue weighted by atomic mass is 19.1. The zero-order valence-corrected chi connectivity index (χ0v) is 15.8. The van der Waals surface area contributed by atoms with Crippen molar-refractivity contribution in [3.63, 3.8) is 0 Å². The summed E-state index contributed by atoms with van der Waals surface area (Å²) in [5.74, 6) is -0.252. The van der Waals surface area contributed by atoms with E-state index in [1.54, 1.807) is 18.2 Å². The Kier molecular flexibility index (Phi) is 5.59. The van der Waals surface area contributed by atoms with Gasteiger partial charge < -0.3 is 10.2 Å². The number of halogens is 1. The topological polar surface area (TPSA) is 49.4 Å². The molecule has 1 aliphatic heterocycles. The monoisotopic (exact) mass is 368 g/mol. The number of nitrogens with zero attached hydrogens (tertiary/aromatic N) is 1. The van der Waals surface area contributed by atoms with Gasteiger partial charge >= 0.3 is 0 Å². The van der Waals surface area contributed by atoms with Crippen LogP contribution in [0.2, 0.25) is 0 Å². The lowest BCUT2D eigenvalue weighted by Crippen LogP contribution is -2.36. The predicted molar refractivity (Wildman–Crippen MR) is 103 cm³/mol. The molecule has 2 aromatic rings. The summed E-state index contributed by atoms with van der Waals surface area (Å²) >= 11 is 0. The van der Waals surface area contributed by atoms with E-state index in [0.29, 0.717) is 25.1 Å². The van der Waals surface area contributed by atoms with Crippen LogP contribution in [0.3, 0.4) is 0 Å². The second-order valence-corrected chi connectivity index (χ2v) is 7.69. The standard InChI is InChI=1S/C22H25FN2O2/c1-22(2,18-8-10-19(23)11-9-18)15-24-21(27)17-6-3-5-16(13-17)14-25-12-4-7-20(25)26/h3,5-6,8-11,13H,4,7,12,14-15H2,1-2H3,(H,24,27). The molecular formula is C22H25FN2O2. The number of likely N-dealkylation sites (tertiary alicyclic amines) is 1. The van der Waals surface area contributed by atoms with Gasteiger partial charge in [-0.1, -0.05) is 38.1 Å². The zero-order chi connectivity index (χ0) is 19.4. The van der Waals surface area contributed by atoms with Crippen LogP contribution in [0.4, 0.5) is 4.39 Å². The number of amides is 2. The average Bonchev–Trinajstić information content (AvgIpc) is 3.05. The van der Waals surface area contributed by atoms with E-state index in [4.69, 9.17) is 0 Å². The third-order valence-corrected chi connectivity index (χ3v) is 5.05. The first-order chi connectivity index (χ1) is 12.8. The third kappa shape index (κ3) is 4.73. The summed E-state index contributed by atoms with van der Waals surface area (Å²) in [6, 6.07) is 13.7. The van der Waals surface area contributed by atoms with Crippen LogP contribution in [0.15, 0.2) is 48.5 Å². The molecular weight excluding hydrogens is 343 g/mol. The Morgan fingerprint density at radius 1 is 1.19 bits per heavy atom. The number of hydrogen-bond donors (Lipinski definition) is 1. The first-order valence-electron chi connectivity index (χ1n) is 9.26. The predicted octanol–water partition coefficient (Wildman–Crippen LogP) is 3.66. The Bertz CT molecular complexity index is 830. The van der Waals surface area contributed by atoms with Crippen molar-refractivity contribution in [3.05, 3.63) is 71.0 Å². The van der Waals surface area contributed by atoms with Gasteiger partial charge in [-0.15, -0.1) is 0 Å². The van der Waals surface area contributed by atoms with E-state index >= 15 is 0 Å². The fourth-order valence-corrected chi connectivity index (χ4v) is 3.31. The van der Waals surface area contributed by atoms with Crippen LogP contribution >= 0.6 is 0 Å². The van der Waals surface area contributed by atoms with Crippen LogP contribution < -0.4 is 5.32 Å². The molecule has 142 valence electrons. The molecule has 1 aliphatic rings. The van der Waals surface area contributed by atoms with E-state index in [-0.39, 0.29) is 23.0 Å². The minimum absolute atomic E-state index is 0.153. The van der Waals surface area contributed by atoms with Crippen LogP contribution in [0.25, 0.3) is 0 Å². The van der Waals surface area contributed by atoms with Crippen LogP contribution in [0, 0.1) is 5.82 Å². The maximum Gasteiger partial charge on any atom is 0.251 e. The zero-order valence-electron chi connectivity index (χ0n) is 15.8. The number of carbonyl (C=O) groups excluding carboxylic acids is 2. The molecule has 1 N–H and O–H groups in total. The van der Waals surface area contributed by atoms with E-state index in [0.717, 1.165) is 24.1 Å². The van der Waals surface area contributed by atoms with Gasteiger partial charge in [0.1, 0.15) is 5.82 Å². The number of rotatable bonds is 6. The minimum atomic E-state index is -0.317. The summed E-state index contributed by atoms with van der Waals surface area (Å²) in [7, 11) is 0. The van der Waals surface area contributed by atoms with Gasteiger partial charge in [0, 0.05) is 37.0 Å². The van der Waals surface area contributed by atoms with Crippen LogP contribution in [-0.4, -0.2) is 29.8 Å². The normalized spacial score (nSPS) is 14.5. The fourth-order valence-electron chi connectivity index (χ4n) is 3.31. The molecule has 0 unspecified atom stereocenters. The Hall–Kier alpha value is -2.69. The summed E-state index contributed by atoms with van der Waals surface area (Å²) in [6.07, 6.45) is 1.51. The van der Waals surface area contributed by atoms with Gasteiger partial charge in [-0.3, -0.25) is 9.59 Å². The van der Waals surface area contributed by atoms with Crippen molar-refractivity contribution in [2.75, 3.05) is 13.1 Å². The van der Waals surface area contributed by atoms with Gasteiger partial charge in [-0.2, -0.15) is 0 Å². The molecule has 2 amide bonds. The fraction of sp³-hybridized carbons (Fsp3) is 0.364. The minimum Gasteiger partial charge on any atom is -0.351 e. The maximum absolute atomic E-state index is 13.1. The molecule has 5 heteroatoms. The number of nitrogens with one attached hydrogen (secondary N) is 1. The lowest BCUT2D eigenvalue weighted by Gasteiger charge is -2.25. The van der Waals surface area contributed by atoms with Crippen molar-refractivity contribution in [3.8, 4) is 0 Å². The molecule has 0 saturated carbocycles. The van der Waals surface area contributed by atoms with Gasteiger partial charge in [0.05, 0.1) is 0 Å². The molecule has 0 radical (unpaired) electrons. The SMILES string of the molecule is CC(C)(CNC(=O)c1cccc(CN2CCCC2=O)c1)c1ccc(F)cc1. The Balaban J connectivity index is 1.63. The third-order valence-electron chi connectivity index (χ3n) is 5.05. The molecule has 0 aromatic heterocycles. The molecule has 4 nitrogen and oxygen atoms in total. The summed E-state index contributed by atoms with van der Waals surface area (Å²) < 4.78 is 13.1. The second-order valence-electron chi connectivity index (χ2n) is 7.69. The Labute approximate surface area is 159 Å². The highest BCUT2D eigenvalue weighted by Gasteiger charge is 2.23. The highest BCUT2D eigenvalue weighted by Crippen LogP contribution is 2.22. The lowest BCUT2D eigenvalue weighted by molar-refractivity contribution is -0.128. The summed E-state index contributed by atoms with van der Waals surface area (Å²) in [6.45, 7) is 5.78. The van der Waals surface area contributed by atoms with Gasteiger partial charge in [0.15, 0.2) is 0 Å². The van der Waals surface area contributed by atoms with Crippen molar-refractivity contribution >= 4 is 11.8 Å². The lowest BCUT2D eigenvalue weighted by atomic mass is 9.84. The van der Waals surface area contributed by atoms with Crippen molar-refractivity contribution in [2.45, 2.75) is 38.6 Å². The average molecular weight is 368 g/mol. The van der Waals surface area contributed by atoms with E-state index in [1.807, 2.05) is 36.9 Å². The molecule has 0 atom stereocenters. The van der Waals surface area contributed by atoms with Gasteiger partial charge in [0.25, 0.3) is 5.91 Å². The van der Waals surface area contributed by atoms with Gasteiger partial charge in [-0.25, -0.2) is 4.39 Å². The van der Waals surface area contributed by atoms with E-state index in [1.165, 1.54) is 12.1 Å². The molecule has 0 bridgehead atoms. The molecule has 1 heterocycles. The molecule has 2 aromatic carbocycles. The summed E-state index contributed by atoms with van der Waals surface area (Å²) in [5.41, 5.74) is 2.18. The van der Waals surface area contributed by atoms with Crippen LogP contribution in [0.5, 0.6) is 0 Å². The van der Waals surface area contributed by atoms with Crippen molar-refractivity contribution in [1.82, 2.24) is 10.2 Å². The van der Waals surface area contributed by atoms with Gasteiger partial charge in [0.2, 0.25) is 5.91 Å². The molecule has 0 spiro atoms. The molecule has 27 heavy (non-hydrogen) atoms. The van der Waals surface area contributed by atoms with Crippen molar-refractivity contribution < 1.29 is 14.0 Å². The van der Waals surface area contributed by atoms with Crippen molar-refractivity contribution in [1.29, 1.82) is 0 Å². The first-order valence-corrected chi connectivity index (χ1v) is 9.26. The second kappa shape index (κ2) is 7.91.